The van der Waals surface area contributed by atoms with Crippen molar-refractivity contribution in [2.24, 2.45) is 0 Å². The molecule has 0 aliphatic carbocycles. The number of ether oxygens (including phenoxy) is 2. The summed E-state index contributed by atoms with van der Waals surface area (Å²) in [6, 6.07) is 12.6. The second-order valence-corrected chi connectivity index (χ2v) is 7.39. The van der Waals surface area contributed by atoms with E-state index in [1.807, 2.05) is 43.3 Å². The van der Waals surface area contributed by atoms with Gasteiger partial charge in [0.2, 0.25) is 5.91 Å². The van der Waals surface area contributed by atoms with Gasteiger partial charge < -0.3 is 14.8 Å². The monoisotopic (exact) mass is 400 g/mol. The average molecular weight is 401 g/mol. The number of aromatic nitrogens is 1. The molecule has 1 amide bonds. The fourth-order valence-corrected chi connectivity index (χ4v) is 4.29. The fraction of sp³-hybridized carbons (Fsp3) is 0.333. The van der Waals surface area contributed by atoms with E-state index < -0.39 is 6.04 Å². The van der Waals surface area contributed by atoms with Crippen molar-refractivity contribution in [1.82, 2.24) is 9.27 Å². The van der Waals surface area contributed by atoms with Crippen LogP contribution in [0.3, 0.4) is 0 Å². The largest absolute Gasteiger partial charge is 0.493 e. The Labute approximate surface area is 167 Å². The van der Waals surface area contributed by atoms with Gasteiger partial charge in [0.15, 0.2) is 11.5 Å². The van der Waals surface area contributed by atoms with Gasteiger partial charge in [-0.1, -0.05) is 36.7 Å². The third-order valence-electron chi connectivity index (χ3n) is 4.65. The van der Waals surface area contributed by atoms with Gasteiger partial charge in [-0.25, -0.2) is 0 Å². The highest BCUT2D eigenvalue weighted by atomic mass is 32.1. The maximum Gasteiger partial charge on any atom is 0.269 e. The molecule has 0 saturated heterocycles. The van der Waals surface area contributed by atoms with Gasteiger partial charge in [0.1, 0.15) is 6.04 Å². The molecule has 0 bridgehead atoms. The highest BCUT2D eigenvalue weighted by Gasteiger charge is 2.22. The van der Waals surface area contributed by atoms with Gasteiger partial charge in [0.05, 0.1) is 24.3 Å². The molecule has 0 saturated carbocycles. The van der Waals surface area contributed by atoms with Crippen LogP contribution in [-0.4, -0.2) is 30.6 Å². The number of hydrogen-bond acceptors (Lipinski definition) is 5. The first kappa shape index (κ1) is 19.9. The Morgan fingerprint density at radius 2 is 1.89 bits per heavy atom. The van der Waals surface area contributed by atoms with Crippen molar-refractivity contribution in [1.29, 1.82) is 0 Å². The minimum Gasteiger partial charge on any atom is -0.493 e. The van der Waals surface area contributed by atoms with E-state index in [9.17, 15) is 9.59 Å². The number of benzene rings is 2. The van der Waals surface area contributed by atoms with Crippen molar-refractivity contribution in [3.8, 4) is 11.5 Å². The average Bonchev–Trinajstić information content (AvgIpc) is 3.05. The molecule has 1 atom stereocenters. The summed E-state index contributed by atoms with van der Waals surface area (Å²) in [5.74, 6) is 1.19. The molecule has 1 heterocycles. The quantitative estimate of drug-likeness (QED) is 0.629. The van der Waals surface area contributed by atoms with E-state index in [0.717, 1.165) is 10.3 Å². The first-order valence-electron chi connectivity index (χ1n) is 9.18. The van der Waals surface area contributed by atoms with Gasteiger partial charge in [-0.2, -0.15) is 0 Å². The lowest BCUT2D eigenvalue weighted by atomic mass is 10.1. The molecule has 0 aliphatic rings. The van der Waals surface area contributed by atoms with Crippen molar-refractivity contribution >= 4 is 27.5 Å². The predicted molar refractivity (Wildman–Crippen MR) is 112 cm³/mol. The summed E-state index contributed by atoms with van der Waals surface area (Å²) in [4.78, 5) is 25.3. The van der Waals surface area contributed by atoms with Crippen LogP contribution in [0.25, 0.3) is 10.1 Å². The van der Waals surface area contributed by atoms with Crippen molar-refractivity contribution in [3.63, 3.8) is 0 Å². The van der Waals surface area contributed by atoms with Crippen LogP contribution in [0.4, 0.5) is 0 Å². The van der Waals surface area contributed by atoms with Crippen LogP contribution in [0.15, 0.2) is 47.3 Å². The second kappa shape index (κ2) is 8.93. The lowest BCUT2D eigenvalue weighted by Gasteiger charge is -2.15. The van der Waals surface area contributed by atoms with Gasteiger partial charge in [-0.05, 0) is 42.7 Å². The summed E-state index contributed by atoms with van der Waals surface area (Å²) >= 11 is 1.34. The maximum absolute atomic E-state index is 12.7. The van der Waals surface area contributed by atoms with Crippen LogP contribution >= 0.6 is 11.5 Å². The minimum atomic E-state index is -0.504. The van der Waals surface area contributed by atoms with Gasteiger partial charge in [-0.15, -0.1) is 0 Å². The first-order valence-corrected chi connectivity index (χ1v) is 9.95. The van der Waals surface area contributed by atoms with Gasteiger partial charge >= 0.3 is 0 Å². The summed E-state index contributed by atoms with van der Waals surface area (Å²) in [5, 5.41) is 3.61. The van der Waals surface area contributed by atoms with Crippen LogP contribution in [0.2, 0.25) is 0 Å². The normalized spacial score (nSPS) is 12.0. The topological polar surface area (TPSA) is 69.6 Å². The van der Waals surface area contributed by atoms with Crippen LogP contribution in [0.1, 0.15) is 24.9 Å². The molecule has 0 radical (unpaired) electrons. The first-order chi connectivity index (χ1) is 13.6. The standard InChI is InChI=1S/C21H24N2O4S/c1-4-16(23-21(25)15-7-5-6-8-19(15)28-23)20(24)22-12-11-14-9-10-17(26-2)18(13-14)27-3/h5-10,13,16H,4,11-12H2,1-3H3,(H,22,24). The summed E-state index contributed by atoms with van der Waals surface area (Å²) < 4.78 is 13.0. The highest BCUT2D eigenvalue weighted by Crippen LogP contribution is 2.27. The smallest absolute Gasteiger partial charge is 0.269 e. The number of fused-ring (bicyclic) bond motifs is 1. The zero-order valence-corrected chi connectivity index (χ0v) is 17.0. The van der Waals surface area contributed by atoms with E-state index in [2.05, 4.69) is 5.32 Å². The molecule has 3 rings (SSSR count). The van der Waals surface area contributed by atoms with E-state index in [1.165, 1.54) is 11.5 Å². The Balaban J connectivity index is 1.67. The summed E-state index contributed by atoms with van der Waals surface area (Å²) in [5.41, 5.74) is 0.924. The molecule has 3 aromatic rings. The zero-order chi connectivity index (χ0) is 20.1. The third kappa shape index (κ3) is 4.04. The van der Waals surface area contributed by atoms with E-state index in [-0.39, 0.29) is 11.5 Å². The van der Waals surface area contributed by atoms with E-state index in [4.69, 9.17) is 9.47 Å². The number of carbonyl (C=O) groups is 1. The minimum absolute atomic E-state index is 0.109. The van der Waals surface area contributed by atoms with E-state index in [1.54, 1.807) is 24.2 Å². The molecular formula is C21H24N2O4S. The van der Waals surface area contributed by atoms with Gasteiger partial charge in [-0.3, -0.25) is 13.5 Å². The van der Waals surface area contributed by atoms with Crippen molar-refractivity contribution in [2.75, 3.05) is 20.8 Å². The van der Waals surface area contributed by atoms with Gasteiger partial charge in [0, 0.05) is 6.54 Å². The SMILES string of the molecule is CCC(C(=O)NCCc1ccc(OC)c(OC)c1)n1sc2ccccc2c1=O. The van der Waals surface area contributed by atoms with Crippen LogP contribution in [0.5, 0.6) is 11.5 Å². The summed E-state index contributed by atoms with van der Waals surface area (Å²) in [6.45, 7) is 2.39. The Morgan fingerprint density at radius 1 is 1.14 bits per heavy atom. The second-order valence-electron chi connectivity index (χ2n) is 6.37. The number of nitrogens with one attached hydrogen (secondary N) is 1. The Bertz CT molecular complexity index is 1020. The molecule has 7 heteroatoms. The number of methoxy groups -OCH3 is 2. The fourth-order valence-electron chi connectivity index (χ4n) is 3.14. The number of rotatable bonds is 8. The lowest BCUT2D eigenvalue weighted by molar-refractivity contribution is -0.124. The lowest BCUT2D eigenvalue weighted by Crippen LogP contribution is -2.36. The van der Waals surface area contributed by atoms with Crippen molar-refractivity contribution in [2.45, 2.75) is 25.8 Å². The molecule has 0 aliphatic heterocycles. The maximum atomic E-state index is 12.7. The molecule has 6 nitrogen and oxygen atoms in total. The molecule has 1 N–H and O–H groups in total. The van der Waals surface area contributed by atoms with Crippen LogP contribution in [-0.2, 0) is 11.2 Å². The Kier molecular flexibility index (Phi) is 6.36. The molecule has 0 fully saturated rings. The van der Waals surface area contributed by atoms with Crippen molar-refractivity contribution < 1.29 is 14.3 Å². The molecule has 1 unspecified atom stereocenters. The third-order valence-corrected chi connectivity index (χ3v) is 5.82. The van der Waals surface area contributed by atoms with E-state index >= 15 is 0 Å². The number of hydrogen-bond donors (Lipinski definition) is 1. The molecule has 1 aromatic heterocycles. The highest BCUT2D eigenvalue weighted by molar-refractivity contribution is 7.14. The number of amides is 1. The van der Waals surface area contributed by atoms with E-state index in [0.29, 0.717) is 36.3 Å². The Hall–Kier alpha value is -2.80. The number of nitrogens with zero attached hydrogens (tertiary/aromatic N) is 1. The zero-order valence-electron chi connectivity index (χ0n) is 16.2. The summed E-state index contributed by atoms with van der Waals surface area (Å²) in [6.07, 6.45) is 1.21. The molecule has 148 valence electrons. The molecular weight excluding hydrogens is 376 g/mol. The molecule has 2 aromatic carbocycles. The van der Waals surface area contributed by atoms with Gasteiger partial charge in [0.25, 0.3) is 5.56 Å². The predicted octanol–water partition coefficient (Wildman–Crippen LogP) is 3.39. The van der Waals surface area contributed by atoms with Crippen LogP contribution in [0, 0.1) is 0 Å². The number of carbonyl (C=O) groups excluding carboxylic acids is 1. The summed E-state index contributed by atoms with van der Waals surface area (Å²) in [7, 11) is 3.19. The Morgan fingerprint density at radius 3 is 2.57 bits per heavy atom. The molecule has 28 heavy (non-hydrogen) atoms. The molecule has 0 spiro atoms. The van der Waals surface area contributed by atoms with Crippen LogP contribution < -0.4 is 20.3 Å². The van der Waals surface area contributed by atoms with Crippen molar-refractivity contribution in [3.05, 3.63) is 58.4 Å².